The zero-order chi connectivity index (χ0) is 14.5. The summed E-state index contributed by atoms with van der Waals surface area (Å²) in [4.78, 5) is 25.8. The molecule has 0 radical (unpaired) electrons. The molecule has 20 heavy (non-hydrogen) atoms. The molecule has 1 aromatic carbocycles. The lowest BCUT2D eigenvalue weighted by atomic mass is 10.00. The first kappa shape index (κ1) is 14.6. The van der Waals surface area contributed by atoms with E-state index in [-0.39, 0.29) is 18.2 Å². The van der Waals surface area contributed by atoms with Gasteiger partial charge in [-0.2, -0.15) is 0 Å². The predicted molar refractivity (Wildman–Crippen MR) is 79.4 cm³/mol. The molecule has 4 heteroatoms. The number of piperidine rings is 1. The molecule has 0 aliphatic carbocycles. The maximum atomic E-state index is 12.1. The Morgan fingerprint density at radius 3 is 2.80 bits per heavy atom. The van der Waals surface area contributed by atoms with Crippen molar-refractivity contribution in [1.82, 2.24) is 4.90 Å². The van der Waals surface area contributed by atoms with Gasteiger partial charge in [0.25, 0.3) is 0 Å². The van der Waals surface area contributed by atoms with Crippen LogP contribution < -0.4 is 5.32 Å². The Labute approximate surface area is 120 Å². The van der Waals surface area contributed by atoms with Gasteiger partial charge in [0, 0.05) is 18.8 Å². The number of hydrogen-bond donors (Lipinski definition) is 1. The third kappa shape index (κ3) is 3.83. The zero-order valence-corrected chi connectivity index (χ0v) is 12.2. The number of likely N-dealkylation sites (tertiary alicyclic amines) is 1. The van der Waals surface area contributed by atoms with Crippen molar-refractivity contribution in [2.45, 2.75) is 33.1 Å². The topological polar surface area (TPSA) is 49.4 Å². The SMILES string of the molecule is Cc1ccccc1NC(=O)CC(=O)N1CCCC(C)C1. The van der Waals surface area contributed by atoms with Crippen molar-refractivity contribution in [2.24, 2.45) is 5.92 Å². The third-order valence-electron chi connectivity index (χ3n) is 3.74. The van der Waals surface area contributed by atoms with Crippen molar-refractivity contribution in [3.8, 4) is 0 Å². The van der Waals surface area contributed by atoms with Gasteiger partial charge in [0.2, 0.25) is 11.8 Å². The highest BCUT2D eigenvalue weighted by molar-refractivity contribution is 6.03. The van der Waals surface area contributed by atoms with E-state index in [9.17, 15) is 9.59 Å². The van der Waals surface area contributed by atoms with Gasteiger partial charge in [0.15, 0.2) is 0 Å². The van der Waals surface area contributed by atoms with Gasteiger partial charge in [0.1, 0.15) is 6.42 Å². The average molecular weight is 274 g/mol. The molecular formula is C16H22N2O2. The predicted octanol–water partition coefficient (Wildman–Crippen LogP) is 2.58. The largest absolute Gasteiger partial charge is 0.342 e. The molecule has 0 spiro atoms. The van der Waals surface area contributed by atoms with E-state index in [4.69, 9.17) is 0 Å². The Hall–Kier alpha value is -1.84. The maximum absolute atomic E-state index is 12.1. The summed E-state index contributed by atoms with van der Waals surface area (Å²) in [6.45, 7) is 5.63. The molecule has 1 aliphatic rings. The molecular weight excluding hydrogens is 252 g/mol. The number of amides is 2. The van der Waals surface area contributed by atoms with Gasteiger partial charge < -0.3 is 10.2 Å². The van der Waals surface area contributed by atoms with Crippen LogP contribution in [0, 0.1) is 12.8 Å². The van der Waals surface area contributed by atoms with Crippen molar-refractivity contribution in [2.75, 3.05) is 18.4 Å². The summed E-state index contributed by atoms with van der Waals surface area (Å²) in [5.41, 5.74) is 1.78. The third-order valence-corrected chi connectivity index (χ3v) is 3.74. The molecule has 1 fully saturated rings. The van der Waals surface area contributed by atoms with E-state index in [0.717, 1.165) is 30.8 Å². The molecule has 1 aliphatic heterocycles. The van der Waals surface area contributed by atoms with Crippen molar-refractivity contribution in [3.05, 3.63) is 29.8 Å². The molecule has 2 rings (SSSR count). The number of nitrogens with zero attached hydrogens (tertiary/aromatic N) is 1. The van der Waals surface area contributed by atoms with Crippen LogP contribution in [0.15, 0.2) is 24.3 Å². The van der Waals surface area contributed by atoms with Crippen LogP contribution in [-0.4, -0.2) is 29.8 Å². The molecule has 108 valence electrons. The second-order valence-electron chi connectivity index (χ2n) is 5.63. The van der Waals surface area contributed by atoms with Gasteiger partial charge in [-0.1, -0.05) is 25.1 Å². The van der Waals surface area contributed by atoms with Gasteiger partial charge in [-0.05, 0) is 37.3 Å². The van der Waals surface area contributed by atoms with Crippen LogP contribution in [-0.2, 0) is 9.59 Å². The van der Waals surface area contributed by atoms with Crippen LogP contribution in [0.4, 0.5) is 5.69 Å². The molecule has 0 saturated carbocycles. The van der Waals surface area contributed by atoms with E-state index in [1.54, 1.807) is 0 Å². The first-order valence-electron chi connectivity index (χ1n) is 7.19. The van der Waals surface area contributed by atoms with E-state index in [2.05, 4.69) is 12.2 Å². The number of carbonyl (C=O) groups excluding carboxylic acids is 2. The van der Waals surface area contributed by atoms with Gasteiger partial charge in [0.05, 0.1) is 0 Å². The lowest BCUT2D eigenvalue weighted by molar-refractivity contribution is -0.136. The standard InChI is InChI=1S/C16H22N2O2/c1-12-6-5-9-18(11-12)16(20)10-15(19)17-14-8-4-3-7-13(14)2/h3-4,7-8,12H,5-6,9-11H2,1-2H3,(H,17,19). The van der Waals surface area contributed by atoms with E-state index >= 15 is 0 Å². The van der Waals surface area contributed by atoms with Crippen LogP contribution in [0.1, 0.15) is 31.7 Å². The van der Waals surface area contributed by atoms with Gasteiger partial charge >= 0.3 is 0 Å². The van der Waals surface area contributed by atoms with Crippen LogP contribution >= 0.6 is 0 Å². The van der Waals surface area contributed by atoms with E-state index in [1.165, 1.54) is 6.42 Å². The lowest BCUT2D eigenvalue weighted by Gasteiger charge is -2.30. The van der Waals surface area contributed by atoms with Crippen LogP contribution in [0.2, 0.25) is 0 Å². The Balaban J connectivity index is 1.88. The van der Waals surface area contributed by atoms with Crippen molar-refractivity contribution in [3.63, 3.8) is 0 Å². The molecule has 0 aromatic heterocycles. The number of rotatable bonds is 3. The lowest BCUT2D eigenvalue weighted by Crippen LogP contribution is -2.40. The highest BCUT2D eigenvalue weighted by Crippen LogP contribution is 2.17. The Morgan fingerprint density at radius 1 is 1.35 bits per heavy atom. The highest BCUT2D eigenvalue weighted by atomic mass is 16.2. The molecule has 1 aromatic rings. The molecule has 4 nitrogen and oxygen atoms in total. The minimum absolute atomic E-state index is 0.0670. The normalized spacial score (nSPS) is 18.7. The molecule has 1 heterocycles. The summed E-state index contributed by atoms with van der Waals surface area (Å²) < 4.78 is 0. The molecule has 0 bridgehead atoms. The van der Waals surface area contributed by atoms with Crippen molar-refractivity contribution >= 4 is 17.5 Å². The van der Waals surface area contributed by atoms with Crippen LogP contribution in [0.3, 0.4) is 0 Å². The van der Waals surface area contributed by atoms with Crippen molar-refractivity contribution < 1.29 is 9.59 Å². The monoisotopic (exact) mass is 274 g/mol. The first-order valence-corrected chi connectivity index (χ1v) is 7.19. The summed E-state index contributed by atoms with van der Waals surface area (Å²) in [5, 5.41) is 2.80. The van der Waals surface area contributed by atoms with Crippen LogP contribution in [0.5, 0.6) is 0 Å². The smallest absolute Gasteiger partial charge is 0.233 e. The summed E-state index contributed by atoms with van der Waals surface area (Å²) in [6, 6.07) is 7.58. The number of hydrogen-bond acceptors (Lipinski definition) is 2. The quantitative estimate of drug-likeness (QED) is 0.861. The highest BCUT2D eigenvalue weighted by Gasteiger charge is 2.22. The minimum Gasteiger partial charge on any atom is -0.342 e. The maximum Gasteiger partial charge on any atom is 0.233 e. The second kappa shape index (κ2) is 6.55. The molecule has 1 N–H and O–H groups in total. The average Bonchev–Trinajstić information content (AvgIpc) is 2.41. The summed E-state index contributed by atoms with van der Waals surface area (Å²) in [7, 11) is 0. The summed E-state index contributed by atoms with van der Waals surface area (Å²) >= 11 is 0. The number of para-hydroxylation sites is 1. The van der Waals surface area contributed by atoms with E-state index in [1.807, 2.05) is 36.1 Å². The molecule has 1 atom stereocenters. The zero-order valence-electron chi connectivity index (χ0n) is 12.2. The number of benzene rings is 1. The molecule has 2 amide bonds. The van der Waals surface area contributed by atoms with Gasteiger partial charge in [-0.15, -0.1) is 0 Å². The van der Waals surface area contributed by atoms with Crippen LogP contribution in [0.25, 0.3) is 0 Å². The Bertz CT molecular complexity index is 499. The van der Waals surface area contributed by atoms with Gasteiger partial charge in [-0.3, -0.25) is 9.59 Å². The molecule has 1 saturated heterocycles. The summed E-state index contributed by atoms with van der Waals surface area (Å²) in [6.07, 6.45) is 2.13. The van der Waals surface area contributed by atoms with Gasteiger partial charge in [-0.25, -0.2) is 0 Å². The summed E-state index contributed by atoms with van der Waals surface area (Å²) in [5.74, 6) is 0.234. The fourth-order valence-corrected chi connectivity index (χ4v) is 2.57. The second-order valence-corrected chi connectivity index (χ2v) is 5.63. The number of aryl methyl sites for hydroxylation is 1. The van der Waals surface area contributed by atoms with E-state index in [0.29, 0.717) is 5.92 Å². The fourth-order valence-electron chi connectivity index (χ4n) is 2.57. The van der Waals surface area contributed by atoms with Crippen molar-refractivity contribution in [1.29, 1.82) is 0 Å². The number of anilines is 1. The van der Waals surface area contributed by atoms with E-state index < -0.39 is 0 Å². The number of carbonyl (C=O) groups is 2. The Morgan fingerprint density at radius 2 is 2.10 bits per heavy atom. The minimum atomic E-state index is -0.234. The molecule has 1 unspecified atom stereocenters. The first-order chi connectivity index (χ1) is 9.56. The Kier molecular flexibility index (Phi) is 4.77. The fraction of sp³-hybridized carbons (Fsp3) is 0.500. The number of nitrogens with one attached hydrogen (secondary N) is 1.